The van der Waals surface area contributed by atoms with Gasteiger partial charge < -0.3 is 19.7 Å². The van der Waals surface area contributed by atoms with Crippen molar-refractivity contribution in [1.82, 2.24) is 10.2 Å². The van der Waals surface area contributed by atoms with E-state index in [0.29, 0.717) is 11.7 Å². The minimum atomic E-state index is -0.0565. The van der Waals surface area contributed by atoms with E-state index in [0.717, 1.165) is 24.9 Å². The highest BCUT2D eigenvalue weighted by molar-refractivity contribution is 5.77. The van der Waals surface area contributed by atoms with Crippen LogP contribution in [0.2, 0.25) is 0 Å². The Morgan fingerprint density at radius 1 is 1.20 bits per heavy atom. The lowest BCUT2D eigenvalue weighted by Gasteiger charge is -2.31. The molecule has 0 bridgehead atoms. The molecular formula is C20H30N2O3. The number of methoxy groups -OCH3 is 1. The summed E-state index contributed by atoms with van der Waals surface area (Å²) in [5.41, 5.74) is 0. The average Bonchev–Trinajstić information content (AvgIpc) is 3.15. The van der Waals surface area contributed by atoms with E-state index < -0.39 is 0 Å². The Hall–Kier alpha value is -1.75. The third-order valence-corrected chi connectivity index (χ3v) is 5.41. The molecule has 1 aromatic carbocycles. The quantitative estimate of drug-likeness (QED) is 0.825. The first-order chi connectivity index (χ1) is 12.2. The predicted octanol–water partition coefficient (Wildman–Crippen LogP) is 2.84. The number of carbonyl (C=O) groups is 1. The minimum absolute atomic E-state index is 0.0478. The molecule has 1 aliphatic carbocycles. The lowest BCUT2D eigenvalue weighted by Crippen LogP contribution is -2.37. The lowest BCUT2D eigenvalue weighted by atomic mass is 9.94. The van der Waals surface area contributed by atoms with Crippen LogP contribution in [-0.2, 0) is 4.79 Å². The van der Waals surface area contributed by atoms with Crippen LogP contribution in [0.1, 0.15) is 38.5 Å². The first-order valence-corrected chi connectivity index (χ1v) is 9.52. The molecule has 1 saturated carbocycles. The number of benzene rings is 1. The number of likely N-dealkylation sites (tertiary alicyclic amines) is 1. The predicted molar refractivity (Wildman–Crippen MR) is 98.1 cm³/mol. The fourth-order valence-electron chi connectivity index (χ4n) is 3.96. The van der Waals surface area contributed by atoms with Gasteiger partial charge in [0, 0.05) is 25.2 Å². The maximum absolute atomic E-state index is 12.0. The molecule has 3 rings (SSSR count). The summed E-state index contributed by atoms with van der Waals surface area (Å²) in [6.07, 6.45) is 8.06. The van der Waals surface area contributed by atoms with Crippen molar-refractivity contribution in [3.8, 4) is 11.5 Å². The van der Waals surface area contributed by atoms with Crippen LogP contribution in [0.15, 0.2) is 24.3 Å². The van der Waals surface area contributed by atoms with Crippen molar-refractivity contribution in [1.29, 1.82) is 0 Å². The monoisotopic (exact) mass is 346 g/mol. The first-order valence-electron chi connectivity index (χ1n) is 9.52. The summed E-state index contributed by atoms with van der Waals surface area (Å²) >= 11 is 0. The largest absolute Gasteiger partial charge is 0.497 e. The van der Waals surface area contributed by atoms with Gasteiger partial charge in [0.25, 0.3) is 5.91 Å². The summed E-state index contributed by atoms with van der Waals surface area (Å²) in [5, 5.41) is 3.03. The zero-order valence-electron chi connectivity index (χ0n) is 15.2. The molecule has 1 saturated heterocycles. The Labute approximate surface area is 150 Å². The number of rotatable bonds is 7. The molecule has 1 aliphatic heterocycles. The van der Waals surface area contributed by atoms with Crippen LogP contribution in [0.3, 0.4) is 0 Å². The molecule has 0 aromatic heterocycles. The van der Waals surface area contributed by atoms with Crippen LogP contribution in [0.4, 0.5) is 0 Å². The van der Waals surface area contributed by atoms with Gasteiger partial charge in [0.05, 0.1) is 7.11 Å². The molecule has 5 nitrogen and oxygen atoms in total. The van der Waals surface area contributed by atoms with Gasteiger partial charge in [-0.2, -0.15) is 0 Å². The van der Waals surface area contributed by atoms with Crippen molar-refractivity contribution in [3.63, 3.8) is 0 Å². The van der Waals surface area contributed by atoms with Crippen LogP contribution in [-0.4, -0.2) is 50.2 Å². The molecule has 2 fully saturated rings. The summed E-state index contributed by atoms with van der Waals surface area (Å²) < 4.78 is 10.7. The molecule has 1 aromatic rings. The number of hydrogen-bond donors (Lipinski definition) is 1. The van der Waals surface area contributed by atoms with Gasteiger partial charge >= 0.3 is 0 Å². The van der Waals surface area contributed by atoms with Gasteiger partial charge in [0.1, 0.15) is 11.5 Å². The number of hydrogen-bond acceptors (Lipinski definition) is 4. The van der Waals surface area contributed by atoms with E-state index in [1.165, 1.54) is 45.1 Å². The first kappa shape index (κ1) is 18.1. The van der Waals surface area contributed by atoms with Gasteiger partial charge in [-0.3, -0.25) is 4.79 Å². The Morgan fingerprint density at radius 3 is 2.80 bits per heavy atom. The highest BCUT2D eigenvalue weighted by Crippen LogP contribution is 2.27. The Balaban J connectivity index is 1.35. The van der Waals surface area contributed by atoms with Crippen molar-refractivity contribution < 1.29 is 14.3 Å². The summed E-state index contributed by atoms with van der Waals surface area (Å²) in [6.45, 7) is 3.11. The molecule has 0 radical (unpaired) electrons. The van der Waals surface area contributed by atoms with Crippen molar-refractivity contribution >= 4 is 5.91 Å². The second-order valence-electron chi connectivity index (χ2n) is 7.21. The normalized spacial score (nSPS) is 21.9. The molecule has 1 unspecified atom stereocenters. The van der Waals surface area contributed by atoms with Gasteiger partial charge in [-0.05, 0) is 43.9 Å². The van der Waals surface area contributed by atoms with Crippen molar-refractivity contribution in [2.45, 2.75) is 44.6 Å². The topological polar surface area (TPSA) is 50.8 Å². The van der Waals surface area contributed by atoms with E-state index in [4.69, 9.17) is 9.47 Å². The van der Waals surface area contributed by atoms with E-state index in [-0.39, 0.29) is 12.5 Å². The van der Waals surface area contributed by atoms with Crippen LogP contribution in [0.25, 0.3) is 0 Å². The zero-order chi connectivity index (χ0) is 17.5. The average molecular weight is 346 g/mol. The molecule has 25 heavy (non-hydrogen) atoms. The smallest absolute Gasteiger partial charge is 0.257 e. The number of nitrogens with zero attached hydrogens (tertiary/aromatic N) is 1. The van der Waals surface area contributed by atoms with Gasteiger partial charge in [0.15, 0.2) is 6.61 Å². The molecule has 1 heterocycles. The molecular weight excluding hydrogens is 316 g/mol. The fraction of sp³-hybridized carbons (Fsp3) is 0.650. The van der Waals surface area contributed by atoms with Gasteiger partial charge in [-0.15, -0.1) is 0 Å². The van der Waals surface area contributed by atoms with Crippen molar-refractivity contribution in [2.24, 2.45) is 5.92 Å². The van der Waals surface area contributed by atoms with Crippen LogP contribution in [0, 0.1) is 5.92 Å². The van der Waals surface area contributed by atoms with Crippen LogP contribution >= 0.6 is 0 Å². The minimum Gasteiger partial charge on any atom is -0.497 e. The lowest BCUT2D eigenvalue weighted by molar-refractivity contribution is -0.123. The second kappa shape index (κ2) is 9.09. The van der Waals surface area contributed by atoms with E-state index in [1.807, 2.05) is 18.2 Å². The van der Waals surface area contributed by atoms with Gasteiger partial charge in [-0.25, -0.2) is 0 Å². The maximum Gasteiger partial charge on any atom is 0.257 e. The third-order valence-electron chi connectivity index (χ3n) is 5.41. The summed E-state index contributed by atoms with van der Waals surface area (Å²) in [6, 6.07) is 8.10. The highest BCUT2D eigenvalue weighted by atomic mass is 16.5. The van der Waals surface area contributed by atoms with Crippen molar-refractivity contribution in [2.75, 3.05) is 33.4 Å². The second-order valence-corrected chi connectivity index (χ2v) is 7.21. The highest BCUT2D eigenvalue weighted by Gasteiger charge is 2.29. The fourth-order valence-corrected chi connectivity index (χ4v) is 3.96. The molecule has 1 amide bonds. The third kappa shape index (κ3) is 5.36. The van der Waals surface area contributed by atoms with E-state index in [9.17, 15) is 4.79 Å². The van der Waals surface area contributed by atoms with E-state index >= 15 is 0 Å². The van der Waals surface area contributed by atoms with Crippen molar-refractivity contribution in [3.05, 3.63) is 24.3 Å². The number of ether oxygens (including phenoxy) is 2. The number of carbonyl (C=O) groups excluding carboxylic acids is 1. The van der Waals surface area contributed by atoms with E-state index in [2.05, 4.69) is 10.2 Å². The molecule has 2 aliphatic rings. The standard InChI is InChI=1S/C20H30N2O3/c1-24-18-8-5-9-19(12-18)25-15-20(23)21-13-16-10-11-22(14-16)17-6-3-2-4-7-17/h5,8-9,12,16-17H,2-4,6-7,10-11,13-15H2,1H3,(H,21,23). The Bertz CT molecular complexity index is 558. The number of amides is 1. The number of nitrogens with one attached hydrogen (secondary N) is 1. The zero-order valence-corrected chi connectivity index (χ0v) is 15.2. The molecule has 1 atom stereocenters. The molecule has 138 valence electrons. The van der Waals surface area contributed by atoms with Gasteiger partial charge in [-0.1, -0.05) is 25.3 Å². The summed E-state index contributed by atoms with van der Waals surface area (Å²) in [4.78, 5) is 14.7. The Kier molecular flexibility index (Phi) is 6.56. The van der Waals surface area contributed by atoms with Crippen LogP contribution < -0.4 is 14.8 Å². The Morgan fingerprint density at radius 2 is 2.00 bits per heavy atom. The van der Waals surface area contributed by atoms with Crippen LogP contribution in [0.5, 0.6) is 11.5 Å². The SMILES string of the molecule is COc1cccc(OCC(=O)NCC2CCN(C3CCCCC3)C2)c1. The summed E-state index contributed by atoms with van der Waals surface area (Å²) in [7, 11) is 1.62. The van der Waals surface area contributed by atoms with Gasteiger partial charge in [0.2, 0.25) is 0 Å². The van der Waals surface area contributed by atoms with E-state index in [1.54, 1.807) is 13.2 Å². The summed E-state index contributed by atoms with van der Waals surface area (Å²) in [5.74, 6) is 1.90. The maximum atomic E-state index is 12.0. The molecule has 5 heteroatoms. The molecule has 0 spiro atoms. The molecule has 1 N–H and O–H groups in total.